The van der Waals surface area contributed by atoms with E-state index in [1.165, 1.54) is 0 Å². The molecule has 0 aliphatic rings. The molecule has 7 heteroatoms. The third-order valence-electron chi connectivity index (χ3n) is 2.20. The summed E-state index contributed by atoms with van der Waals surface area (Å²) < 4.78 is 4.95. The molecule has 0 saturated carbocycles. The second kappa shape index (κ2) is 10.2. The SMILES string of the molecule is COCCN(CCC(N)=NO)C(=O)CCSC. The first-order valence-electron chi connectivity index (χ1n) is 5.37. The molecule has 100 valence electrons. The summed E-state index contributed by atoms with van der Waals surface area (Å²) in [4.78, 5) is 13.5. The lowest BCUT2D eigenvalue weighted by Gasteiger charge is -2.22. The molecule has 0 spiro atoms. The molecule has 6 nitrogen and oxygen atoms in total. The Labute approximate surface area is 106 Å². The fourth-order valence-corrected chi connectivity index (χ4v) is 1.59. The summed E-state index contributed by atoms with van der Waals surface area (Å²) in [7, 11) is 1.59. The molecule has 3 N–H and O–H groups in total. The van der Waals surface area contributed by atoms with E-state index in [4.69, 9.17) is 15.7 Å². The van der Waals surface area contributed by atoms with E-state index in [-0.39, 0.29) is 11.7 Å². The van der Waals surface area contributed by atoms with Gasteiger partial charge in [-0.15, -0.1) is 0 Å². The van der Waals surface area contributed by atoms with Gasteiger partial charge in [-0.05, 0) is 6.26 Å². The maximum absolute atomic E-state index is 11.8. The number of amidine groups is 1. The van der Waals surface area contributed by atoms with Crippen molar-refractivity contribution in [3.63, 3.8) is 0 Å². The molecular formula is C10H21N3O3S. The monoisotopic (exact) mass is 263 g/mol. The first kappa shape index (κ1) is 16.1. The lowest BCUT2D eigenvalue weighted by molar-refractivity contribution is -0.131. The van der Waals surface area contributed by atoms with Crippen LogP contribution in [0.3, 0.4) is 0 Å². The van der Waals surface area contributed by atoms with Gasteiger partial charge in [0.1, 0.15) is 5.84 Å². The lowest BCUT2D eigenvalue weighted by atomic mass is 10.3. The number of hydrogen-bond acceptors (Lipinski definition) is 5. The molecule has 0 aromatic carbocycles. The van der Waals surface area contributed by atoms with Gasteiger partial charge in [0.15, 0.2) is 0 Å². The molecule has 0 rings (SSSR count). The average molecular weight is 263 g/mol. The molecular weight excluding hydrogens is 242 g/mol. The summed E-state index contributed by atoms with van der Waals surface area (Å²) in [5.41, 5.74) is 5.38. The van der Waals surface area contributed by atoms with E-state index in [1.54, 1.807) is 23.8 Å². The zero-order valence-corrected chi connectivity index (χ0v) is 11.2. The van der Waals surface area contributed by atoms with Gasteiger partial charge >= 0.3 is 0 Å². The first-order valence-corrected chi connectivity index (χ1v) is 6.77. The van der Waals surface area contributed by atoms with Crippen LogP contribution in [0.4, 0.5) is 0 Å². The molecule has 17 heavy (non-hydrogen) atoms. The van der Waals surface area contributed by atoms with Crippen molar-refractivity contribution >= 4 is 23.5 Å². The van der Waals surface area contributed by atoms with Crippen molar-refractivity contribution in [2.24, 2.45) is 10.9 Å². The Morgan fingerprint density at radius 3 is 2.71 bits per heavy atom. The second-order valence-corrected chi connectivity index (χ2v) is 4.44. The number of thioether (sulfide) groups is 1. The number of ether oxygens (including phenoxy) is 1. The van der Waals surface area contributed by atoms with E-state index < -0.39 is 0 Å². The second-order valence-electron chi connectivity index (χ2n) is 3.46. The van der Waals surface area contributed by atoms with Crippen LogP contribution in [-0.4, -0.2) is 60.7 Å². The number of oxime groups is 1. The van der Waals surface area contributed by atoms with Crippen molar-refractivity contribution in [1.82, 2.24) is 4.90 Å². The van der Waals surface area contributed by atoms with Gasteiger partial charge in [0.2, 0.25) is 5.91 Å². The Morgan fingerprint density at radius 2 is 2.18 bits per heavy atom. The van der Waals surface area contributed by atoms with E-state index in [2.05, 4.69) is 5.16 Å². The Morgan fingerprint density at radius 1 is 1.47 bits per heavy atom. The van der Waals surface area contributed by atoms with Crippen LogP contribution >= 0.6 is 11.8 Å². The number of nitrogens with zero attached hydrogens (tertiary/aromatic N) is 2. The smallest absolute Gasteiger partial charge is 0.223 e. The van der Waals surface area contributed by atoms with Gasteiger partial charge in [-0.2, -0.15) is 11.8 Å². The highest BCUT2D eigenvalue weighted by atomic mass is 32.2. The van der Waals surface area contributed by atoms with Crippen LogP contribution in [0.25, 0.3) is 0 Å². The van der Waals surface area contributed by atoms with Crippen LogP contribution < -0.4 is 5.73 Å². The van der Waals surface area contributed by atoms with Crippen molar-refractivity contribution in [1.29, 1.82) is 0 Å². The van der Waals surface area contributed by atoms with Crippen LogP contribution in [0.1, 0.15) is 12.8 Å². The van der Waals surface area contributed by atoms with Gasteiger partial charge in [-0.25, -0.2) is 0 Å². The van der Waals surface area contributed by atoms with Crippen LogP contribution in [-0.2, 0) is 9.53 Å². The van der Waals surface area contributed by atoms with E-state index in [1.807, 2.05) is 6.26 Å². The summed E-state index contributed by atoms with van der Waals surface area (Å²) in [5, 5.41) is 11.3. The summed E-state index contributed by atoms with van der Waals surface area (Å²) in [5.74, 6) is 0.999. The third kappa shape index (κ3) is 7.87. The van der Waals surface area contributed by atoms with Gasteiger partial charge in [-0.1, -0.05) is 5.16 Å². The Balaban J connectivity index is 4.16. The normalized spacial score (nSPS) is 11.5. The minimum atomic E-state index is 0.0714. The first-order chi connectivity index (χ1) is 8.15. The largest absolute Gasteiger partial charge is 0.409 e. The van der Waals surface area contributed by atoms with Crippen molar-refractivity contribution in [3.8, 4) is 0 Å². The zero-order valence-electron chi connectivity index (χ0n) is 10.4. The number of methoxy groups -OCH3 is 1. The standard InChI is InChI=1S/C10H21N3O3S/c1-16-7-6-13(5-3-9(11)12-15)10(14)4-8-17-2/h15H,3-8H2,1-2H3,(H2,11,12). The molecule has 0 bridgehead atoms. The van der Waals surface area contributed by atoms with Crippen molar-refractivity contribution in [2.45, 2.75) is 12.8 Å². The van der Waals surface area contributed by atoms with Gasteiger partial charge in [-0.3, -0.25) is 4.79 Å². The summed E-state index contributed by atoms with van der Waals surface area (Å²) in [6, 6.07) is 0. The van der Waals surface area contributed by atoms with Crippen LogP contribution in [0.5, 0.6) is 0 Å². The molecule has 1 amide bonds. The Bertz CT molecular complexity index is 249. The fraction of sp³-hybridized carbons (Fsp3) is 0.800. The molecule has 0 aliphatic carbocycles. The Kier molecular flexibility index (Phi) is 9.65. The number of carbonyl (C=O) groups excluding carboxylic acids is 1. The fourth-order valence-electron chi connectivity index (χ4n) is 1.21. The van der Waals surface area contributed by atoms with Crippen LogP contribution in [0.2, 0.25) is 0 Å². The van der Waals surface area contributed by atoms with Gasteiger partial charge in [0.25, 0.3) is 0 Å². The molecule has 0 radical (unpaired) electrons. The number of hydrogen-bond donors (Lipinski definition) is 2. The summed E-state index contributed by atoms with van der Waals surface area (Å²) in [6.07, 6.45) is 2.83. The van der Waals surface area contributed by atoms with Crippen LogP contribution in [0, 0.1) is 0 Å². The number of amides is 1. The average Bonchev–Trinajstić information content (AvgIpc) is 2.35. The minimum Gasteiger partial charge on any atom is -0.409 e. The quantitative estimate of drug-likeness (QED) is 0.271. The van der Waals surface area contributed by atoms with Crippen molar-refractivity contribution in [2.75, 3.05) is 38.8 Å². The lowest BCUT2D eigenvalue weighted by Crippen LogP contribution is -2.36. The predicted molar refractivity (Wildman–Crippen MR) is 69.5 cm³/mol. The maximum Gasteiger partial charge on any atom is 0.223 e. The number of rotatable bonds is 9. The molecule has 0 heterocycles. The molecule has 0 saturated heterocycles. The van der Waals surface area contributed by atoms with Gasteiger partial charge in [0, 0.05) is 38.8 Å². The molecule has 0 fully saturated rings. The molecule has 0 atom stereocenters. The molecule has 0 aromatic heterocycles. The van der Waals surface area contributed by atoms with Crippen molar-refractivity contribution in [3.05, 3.63) is 0 Å². The van der Waals surface area contributed by atoms with E-state index in [0.717, 1.165) is 5.75 Å². The molecule has 0 unspecified atom stereocenters. The maximum atomic E-state index is 11.8. The predicted octanol–water partition coefficient (Wildman–Crippen LogP) is 0.351. The summed E-state index contributed by atoms with van der Waals surface area (Å²) in [6.45, 7) is 1.47. The van der Waals surface area contributed by atoms with Gasteiger partial charge in [0.05, 0.1) is 6.61 Å². The van der Waals surface area contributed by atoms with E-state index in [9.17, 15) is 4.79 Å². The minimum absolute atomic E-state index is 0.0714. The zero-order chi connectivity index (χ0) is 13.1. The van der Waals surface area contributed by atoms with E-state index >= 15 is 0 Å². The summed E-state index contributed by atoms with van der Waals surface area (Å²) >= 11 is 1.63. The highest BCUT2D eigenvalue weighted by molar-refractivity contribution is 7.98. The van der Waals surface area contributed by atoms with Gasteiger partial charge < -0.3 is 20.6 Å². The van der Waals surface area contributed by atoms with E-state index in [0.29, 0.717) is 32.5 Å². The number of carbonyl (C=O) groups is 1. The number of nitrogens with two attached hydrogens (primary N) is 1. The molecule has 0 aromatic rings. The highest BCUT2D eigenvalue weighted by Gasteiger charge is 2.13. The highest BCUT2D eigenvalue weighted by Crippen LogP contribution is 2.02. The molecule has 0 aliphatic heterocycles. The third-order valence-corrected chi connectivity index (χ3v) is 2.82. The van der Waals surface area contributed by atoms with Crippen LogP contribution in [0.15, 0.2) is 5.16 Å². The van der Waals surface area contributed by atoms with Crippen molar-refractivity contribution < 1.29 is 14.7 Å². The topological polar surface area (TPSA) is 88.2 Å². The Hall–Kier alpha value is -0.950.